The Bertz CT molecular complexity index is 508. The van der Waals surface area contributed by atoms with E-state index in [1.165, 1.54) is 0 Å². The molecule has 2 aromatic rings. The highest BCUT2D eigenvalue weighted by Gasteiger charge is 2.06. The van der Waals surface area contributed by atoms with Crippen LogP contribution in [0, 0.1) is 17.4 Å². The van der Waals surface area contributed by atoms with Gasteiger partial charge in [-0.2, -0.15) is 0 Å². The minimum atomic E-state index is 0.576. The zero-order chi connectivity index (χ0) is 10.3. The number of hydrogen-bond acceptors (Lipinski definition) is 1. The number of nitrogens with zero attached hydrogens (tertiary/aromatic N) is 1. The van der Waals surface area contributed by atoms with Gasteiger partial charge in [0.1, 0.15) is 4.60 Å². The zero-order valence-corrected chi connectivity index (χ0v) is 10.8. The largest absolute Gasteiger partial charge is 0.241 e. The second-order valence-electron chi connectivity index (χ2n) is 2.89. The summed E-state index contributed by atoms with van der Waals surface area (Å²) in [6, 6.07) is 5.65. The van der Waals surface area contributed by atoms with Crippen molar-refractivity contribution in [3.8, 4) is 0 Å². The van der Waals surface area contributed by atoms with Gasteiger partial charge in [0.15, 0.2) is 0 Å². The third-order valence-corrected chi connectivity index (χ3v) is 3.57. The number of hydrogen-bond donors (Lipinski definition) is 0. The maximum Gasteiger partial charge on any atom is 0.106 e. The average molecular weight is 358 g/mol. The number of pyridine rings is 1. The first-order chi connectivity index (χ1) is 6.59. The lowest BCUT2D eigenvalue weighted by Crippen LogP contribution is -1.90. The molecule has 0 aliphatic heterocycles. The number of rotatable bonds is 0. The Morgan fingerprint density at radius 3 is 2.71 bits per heavy atom. The molecule has 68 valence electrons. The second kappa shape index (κ2) is 3.77. The highest BCUT2D eigenvalue weighted by Crippen LogP contribution is 2.26. The summed E-state index contributed by atoms with van der Waals surface area (Å²) in [5.74, 6) is 0. The van der Waals surface area contributed by atoms with Crippen LogP contribution in [0.4, 0.5) is 0 Å². The third kappa shape index (κ3) is 1.67. The minimum Gasteiger partial charge on any atom is -0.241 e. The van der Waals surface area contributed by atoms with E-state index in [1.54, 1.807) is 6.07 Å². The van der Waals surface area contributed by atoms with Crippen molar-refractivity contribution >= 4 is 49.4 Å². The molecule has 0 saturated carbocycles. The van der Waals surface area contributed by atoms with Crippen LogP contribution in [-0.4, -0.2) is 4.98 Å². The van der Waals surface area contributed by atoms with Crippen LogP contribution in [0.15, 0.2) is 22.8 Å². The highest BCUT2D eigenvalue weighted by molar-refractivity contribution is 14.1. The van der Waals surface area contributed by atoms with E-state index >= 15 is 0 Å². The minimum absolute atomic E-state index is 0.576. The molecule has 0 atom stereocenters. The molecule has 14 heavy (non-hydrogen) atoms. The first-order valence-electron chi connectivity index (χ1n) is 3.89. The first kappa shape index (κ1) is 10.4. The predicted molar refractivity (Wildman–Crippen MR) is 69.0 cm³/mol. The fraction of sp³-hybridized carbons (Fsp3) is 0. The van der Waals surface area contributed by atoms with Gasteiger partial charge in [0, 0.05) is 15.9 Å². The van der Waals surface area contributed by atoms with Crippen molar-refractivity contribution < 1.29 is 0 Å². The Morgan fingerprint density at radius 1 is 1.29 bits per heavy atom. The van der Waals surface area contributed by atoms with E-state index < -0.39 is 0 Å². The van der Waals surface area contributed by atoms with Crippen LogP contribution in [0.3, 0.4) is 0 Å². The van der Waals surface area contributed by atoms with Gasteiger partial charge in [-0.1, -0.05) is 0 Å². The smallest absolute Gasteiger partial charge is 0.106 e. The standard InChI is InChI=1S/C11H5BrIN/c1-6-5-9-8(11(13)7(6)2)3-4-10(12)14-9/h1-5H. The highest BCUT2D eigenvalue weighted by atomic mass is 127. The van der Waals surface area contributed by atoms with E-state index in [9.17, 15) is 0 Å². The van der Waals surface area contributed by atoms with Gasteiger partial charge in [-0.15, -0.1) is 0 Å². The molecule has 0 aliphatic carbocycles. The van der Waals surface area contributed by atoms with Gasteiger partial charge in [0.2, 0.25) is 0 Å². The molecule has 0 bridgehead atoms. The van der Waals surface area contributed by atoms with Crippen molar-refractivity contribution in [2.75, 3.05) is 0 Å². The van der Waals surface area contributed by atoms with Crippen LogP contribution in [0.1, 0.15) is 11.1 Å². The Labute approximate surface area is 105 Å². The van der Waals surface area contributed by atoms with E-state index in [4.69, 9.17) is 13.8 Å². The molecule has 0 unspecified atom stereocenters. The van der Waals surface area contributed by atoms with Crippen molar-refractivity contribution in [3.63, 3.8) is 0 Å². The quantitative estimate of drug-likeness (QED) is 0.517. The molecule has 0 aliphatic rings. The maximum absolute atomic E-state index is 5.81. The Hall–Kier alpha value is -0.160. The summed E-state index contributed by atoms with van der Waals surface area (Å²) in [7, 11) is 0. The van der Waals surface area contributed by atoms with Crippen molar-refractivity contribution in [2.24, 2.45) is 0 Å². The summed E-state index contributed by atoms with van der Waals surface area (Å²) in [5.41, 5.74) is 2.06. The first-order valence-corrected chi connectivity index (χ1v) is 5.76. The molecule has 4 radical (unpaired) electrons. The molecule has 1 aromatic heterocycles. The average Bonchev–Trinajstić information content (AvgIpc) is 2.14. The molecule has 2 rings (SSSR count). The number of benzene rings is 1. The summed E-state index contributed by atoms with van der Waals surface area (Å²) < 4.78 is 1.75. The molecule has 3 heteroatoms. The summed E-state index contributed by atoms with van der Waals surface area (Å²) in [4.78, 5) is 4.31. The number of fused-ring (bicyclic) bond motifs is 1. The maximum atomic E-state index is 5.81. The van der Waals surface area contributed by atoms with Crippen molar-refractivity contribution in [3.05, 3.63) is 51.3 Å². The Kier molecular flexibility index (Phi) is 2.79. The van der Waals surface area contributed by atoms with E-state index in [1.807, 2.05) is 12.1 Å². The van der Waals surface area contributed by atoms with E-state index in [-0.39, 0.29) is 0 Å². The van der Waals surface area contributed by atoms with Crippen LogP contribution in [-0.2, 0) is 0 Å². The molecule has 0 amide bonds. The number of aromatic nitrogens is 1. The van der Waals surface area contributed by atoms with E-state index in [0.717, 1.165) is 19.1 Å². The molecule has 0 N–H and O–H groups in total. The lowest BCUT2D eigenvalue weighted by atomic mass is 10.1. The Morgan fingerprint density at radius 2 is 2.00 bits per heavy atom. The predicted octanol–water partition coefficient (Wildman–Crippen LogP) is 3.72. The monoisotopic (exact) mass is 357 g/mol. The molecule has 1 nitrogen and oxygen atoms in total. The third-order valence-electron chi connectivity index (χ3n) is 1.97. The van der Waals surface area contributed by atoms with Crippen LogP contribution >= 0.6 is 38.5 Å². The van der Waals surface area contributed by atoms with Gasteiger partial charge < -0.3 is 0 Å². The topological polar surface area (TPSA) is 12.9 Å². The molecule has 0 spiro atoms. The van der Waals surface area contributed by atoms with Crippen molar-refractivity contribution in [1.29, 1.82) is 0 Å². The normalized spacial score (nSPS) is 10.9. The van der Waals surface area contributed by atoms with Gasteiger partial charge in [0.25, 0.3) is 0 Å². The summed E-state index contributed by atoms with van der Waals surface area (Å²) in [5, 5.41) is 1.03. The Balaban J connectivity index is 2.91. The fourth-order valence-electron chi connectivity index (χ4n) is 1.24. The molecular weight excluding hydrogens is 353 g/mol. The lowest BCUT2D eigenvalue weighted by Gasteiger charge is -2.06. The summed E-state index contributed by atoms with van der Waals surface area (Å²) in [6.07, 6.45) is 0. The molecule has 0 saturated heterocycles. The fourth-order valence-corrected chi connectivity index (χ4v) is 2.33. The van der Waals surface area contributed by atoms with Gasteiger partial charge in [-0.05, 0) is 74.8 Å². The van der Waals surface area contributed by atoms with Gasteiger partial charge in [0.05, 0.1) is 5.52 Å². The van der Waals surface area contributed by atoms with Gasteiger partial charge in [-0.3, -0.25) is 0 Å². The summed E-state index contributed by atoms with van der Waals surface area (Å²) in [6.45, 7) is 11.6. The molecule has 1 aromatic carbocycles. The zero-order valence-electron chi connectivity index (χ0n) is 7.09. The molecule has 1 heterocycles. The van der Waals surface area contributed by atoms with E-state index in [2.05, 4.69) is 43.5 Å². The van der Waals surface area contributed by atoms with Crippen LogP contribution in [0.25, 0.3) is 10.9 Å². The SMILES string of the molecule is [CH]c1cc2nc(Br)ccc2c(I)c1[CH]. The second-order valence-corrected chi connectivity index (χ2v) is 4.79. The van der Waals surface area contributed by atoms with Crippen LogP contribution < -0.4 is 0 Å². The van der Waals surface area contributed by atoms with Crippen LogP contribution in [0.5, 0.6) is 0 Å². The van der Waals surface area contributed by atoms with E-state index in [0.29, 0.717) is 11.1 Å². The lowest BCUT2D eigenvalue weighted by molar-refractivity contribution is 1.34. The van der Waals surface area contributed by atoms with Gasteiger partial charge in [-0.25, -0.2) is 4.98 Å². The summed E-state index contributed by atoms with van der Waals surface area (Å²) >= 11 is 5.49. The number of halogens is 2. The van der Waals surface area contributed by atoms with Gasteiger partial charge >= 0.3 is 0 Å². The molecular formula is C11H5BrIN. The van der Waals surface area contributed by atoms with Crippen molar-refractivity contribution in [2.45, 2.75) is 0 Å². The molecule has 0 fully saturated rings. The van der Waals surface area contributed by atoms with Crippen LogP contribution in [0.2, 0.25) is 0 Å². The van der Waals surface area contributed by atoms with Crippen molar-refractivity contribution in [1.82, 2.24) is 4.98 Å².